The minimum atomic E-state index is -4.29. The second-order valence-corrected chi connectivity index (χ2v) is 5.56. The van der Waals surface area contributed by atoms with E-state index in [-0.39, 0.29) is 0 Å². The molecule has 0 atom stereocenters. The van der Waals surface area contributed by atoms with E-state index >= 15 is 0 Å². The molecule has 0 saturated carbocycles. The van der Waals surface area contributed by atoms with E-state index in [1.54, 1.807) is 11.8 Å². The van der Waals surface area contributed by atoms with Gasteiger partial charge in [-0.1, -0.05) is 24.3 Å². The number of halogens is 3. The molecule has 0 bridgehead atoms. The van der Waals surface area contributed by atoms with Crippen molar-refractivity contribution in [2.75, 3.05) is 23.9 Å². The molecule has 1 nitrogen and oxygen atoms in total. The molecule has 0 spiro atoms. The van der Waals surface area contributed by atoms with E-state index in [1.807, 2.05) is 30.5 Å². The van der Waals surface area contributed by atoms with Gasteiger partial charge in [-0.3, -0.25) is 0 Å². The van der Waals surface area contributed by atoms with E-state index < -0.39 is 11.7 Å². The van der Waals surface area contributed by atoms with Crippen LogP contribution in [0, 0.1) is 0 Å². The summed E-state index contributed by atoms with van der Waals surface area (Å²) in [6, 6.07) is 12.9. The molecule has 0 aliphatic carbocycles. The number of anilines is 1. The SMILES string of the molecule is CSCCNc1cccc(-c2ccc(C(F)(F)F)cc2)c1. The van der Waals surface area contributed by atoms with Gasteiger partial charge < -0.3 is 5.32 Å². The monoisotopic (exact) mass is 311 g/mol. The normalized spacial score (nSPS) is 11.4. The van der Waals surface area contributed by atoms with Crippen molar-refractivity contribution in [3.05, 3.63) is 54.1 Å². The highest BCUT2D eigenvalue weighted by atomic mass is 32.2. The maximum Gasteiger partial charge on any atom is 0.416 e. The zero-order valence-corrected chi connectivity index (χ0v) is 12.4. The van der Waals surface area contributed by atoms with Crippen LogP contribution >= 0.6 is 11.8 Å². The van der Waals surface area contributed by atoms with Crippen LogP contribution < -0.4 is 5.32 Å². The molecule has 5 heteroatoms. The van der Waals surface area contributed by atoms with Gasteiger partial charge in [-0.15, -0.1) is 0 Å². The zero-order chi connectivity index (χ0) is 15.3. The average molecular weight is 311 g/mol. The van der Waals surface area contributed by atoms with Gasteiger partial charge >= 0.3 is 6.18 Å². The summed E-state index contributed by atoms with van der Waals surface area (Å²) in [4.78, 5) is 0. The third-order valence-corrected chi connectivity index (χ3v) is 3.66. The molecular formula is C16H16F3NS. The van der Waals surface area contributed by atoms with Crippen molar-refractivity contribution in [3.63, 3.8) is 0 Å². The van der Waals surface area contributed by atoms with Gasteiger partial charge in [-0.25, -0.2) is 0 Å². The Kier molecular flexibility index (Phi) is 5.17. The Labute approximate surface area is 126 Å². The van der Waals surface area contributed by atoms with Crippen LogP contribution in [0.15, 0.2) is 48.5 Å². The molecule has 0 aliphatic heterocycles. The number of thioether (sulfide) groups is 1. The first-order chi connectivity index (χ1) is 10.0. The van der Waals surface area contributed by atoms with Crippen LogP contribution in [0.1, 0.15) is 5.56 Å². The topological polar surface area (TPSA) is 12.0 Å². The minimum Gasteiger partial charge on any atom is -0.384 e. The predicted octanol–water partition coefficient (Wildman–Crippen LogP) is 5.15. The van der Waals surface area contributed by atoms with Gasteiger partial charge in [0.25, 0.3) is 0 Å². The highest BCUT2D eigenvalue weighted by molar-refractivity contribution is 7.98. The van der Waals surface area contributed by atoms with Crippen LogP contribution in [-0.4, -0.2) is 18.6 Å². The molecule has 0 fully saturated rings. The second kappa shape index (κ2) is 6.89. The number of hydrogen-bond donors (Lipinski definition) is 1. The molecular weight excluding hydrogens is 295 g/mol. The molecule has 0 heterocycles. The third kappa shape index (κ3) is 4.43. The van der Waals surface area contributed by atoms with Gasteiger partial charge in [0, 0.05) is 18.0 Å². The lowest BCUT2D eigenvalue weighted by Crippen LogP contribution is -2.04. The van der Waals surface area contributed by atoms with E-state index in [1.165, 1.54) is 12.1 Å². The van der Waals surface area contributed by atoms with Crippen molar-refractivity contribution >= 4 is 17.4 Å². The van der Waals surface area contributed by atoms with Crippen molar-refractivity contribution in [3.8, 4) is 11.1 Å². The van der Waals surface area contributed by atoms with Crippen LogP contribution in [0.5, 0.6) is 0 Å². The fraction of sp³-hybridized carbons (Fsp3) is 0.250. The highest BCUT2D eigenvalue weighted by Crippen LogP contribution is 2.31. The summed E-state index contributed by atoms with van der Waals surface area (Å²) in [6.07, 6.45) is -2.25. The summed E-state index contributed by atoms with van der Waals surface area (Å²) in [6.45, 7) is 0.859. The lowest BCUT2D eigenvalue weighted by atomic mass is 10.0. The summed E-state index contributed by atoms with van der Waals surface area (Å²) in [5, 5.41) is 3.29. The van der Waals surface area contributed by atoms with Gasteiger partial charge in [0.1, 0.15) is 0 Å². The molecule has 1 N–H and O–H groups in total. The Hall–Kier alpha value is -1.62. The Balaban J connectivity index is 2.16. The maximum atomic E-state index is 12.5. The Bertz CT molecular complexity index is 579. The van der Waals surface area contributed by atoms with Gasteiger partial charge in [-0.2, -0.15) is 24.9 Å². The number of nitrogens with one attached hydrogen (secondary N) is 1. The van der Waals surface area contributed by atoms with Crippen LogP contribution in [0.2, 0.25) is 0 Å². The number of alkyl halides is 3. The van der Waals surface area contributed by atoms with E-state index in [4.69, 9.17) is 0 Å². The van der Waals surface area contributed by atoms with Gasteiger partial charge in [0.2, 0.25) is 0 Å². The third-order valence-electron chi connectivity index (χ3n) is 3.04. The lowest BCUT2D eigenvalue weighted by Gasteiger charge is -2.10. The molecule has 0 aromatic heterocycles. The van der Waals surface area contributed by atoms with Crippen molar-refractivity contribution in [2.24, 2.45) is 0 Å². The number of hydrogen-bond acceptors (Lipinski definition) is 2. The first kappa shape index (κ1) is 15.8. The standard InChI is InChI=1S/C16H16F3NS/c1-21-10-9-20-15-4-2-3-13(11-15)12-5-7-14(8-6-12)16(17,18)19/h2-8,11,20H,9-10H2,1H3. The van der Waals surface area contributed by atoms with E-state index in [2.05, 4.69) is 5.32 Å². The molecule has 0 aliphatic rings. The number of rotatable bonds is 5. The Morgan fingerprint density at radius 1 is 1.00 bits per heavy atom. The van der Waals surface area contributed by atoms with E-state index in [0.717, 1.165) is 41.2 Å². The molecule has 112 valence electrons. The van der Waals surface area contributed by atoms with Crippen molar-refractivity contribution in [1.29, 1.82) is 0 Å². The summed E-state index contributed by atoms with van der Waals surface area (Å²) in [5.41, 5.74) is 2.02. The number of benzene rings is 2. The zero-order valence-electron chi connectivity index (χ0n) is 11.6. The molecule has 0 amide bonds. The quantitative estimate of drug-likeness (QED) is 0.767. The van der Waals surface area contributed by atoms with Gasteiger partial charge in [0.15, 0.2) is 0 Å². The summed E-state index contributed by atoms with van der Waals surface area (Å²) in [7, 11) is 0. The first-order valence-corrected chi connectivity index (χ1v) is 7.90. The van der Waals surface area contributed by atoms with Crippen LogP contribution in [0.3, 0.4) is 0 Å². The average Bonchev–Trinajstić information content (AvgIpc) is 2.47. The summed E-state index contributed by atoms with van der Waals surface area (Å²) < 4.78 is 37.6. The van der Waals surface area contributed by atoms with Crippen LogP contribution in [0.4, 0.5) is 18.9 Å². The second-order valence-electron chi connectivity index (χ2n) is 4.58. The Morgan fingerprint density at radius 3 is 2.33 bits per heavy atom. The molecule has 21 heavy (non-hydrogen) atoms. The van der Waals surface area contributed by atoms with Gasteiger partial charge in [0.05, 0.1) is 5.56 Å². The first-order valence-electron chi connectivity index (χ1n) is 6.51. The van der Waals surface area contributed by atoms with Crippen molar-refractivity contribution in [1.82, 2.24) is 0 Å². The fourth-order valence-electron chi connectivity index (χ4n) is 1.96. The fourth-order valence-corrected chi connectivity index (χ4v) is 2.26. The summed E-state index contributed by atoms with van der Waals surface area (Å²) >= 11 is 1.76. The van der Waals surface area contributed by atoms with Crippen molar-refractivity contribution in [2.45, 2.75) is 6.18 Å². The molecule has 2 aromatic carbocycles. The van der Waals surface area contributed by atoms with E-state index in [9.17, 15) is 13.2 Å². The Morgan fingerprint density at radius 2 is 1.71 bits per heavy atom. The molecule has 0 radical (unpaired) electrons. The van der Waals surface area contributed by atoms with Crippen molar-refractivity contribution < 1.29 is 13.2 Å². The van der Waals surface area contributed by atoms with E-state index in [0.29, 0.717) is 0 Å². The van der Waals surface area contributed by atoms with Crippen LogP contribution in [-0.2, 0) is 6.18 Å². The predicted molar refractivity (Wildman–Crippen MR) is 83.8 cm³/mol. The molecule has 0 unspecified atom stereocenters. The maximum absolute atomic E-state index is 12.5. The van der Waals surface area contributed by atoms with Gasteiger partial charge in [-0.05, 0) is 41.6 Å². The lowest BCUT2D eigenvalue weighted by molar-refractivity contribution is -0.137. The minimum absolute atomic E-state index is 0.625. The molecule has 0 saturated heterocycles. The van der Waals surface area contributed by atoms with Crippen LogP contribution in [0.25, 0.3) is 11.1 Å². The smallest absolute Gasteiger partial charge is 0.384 e. The highest BCUT2D eigenvalue weighted by Gasteiger charge is 2.29. The largest absolute Gasteiger partial charge is 0.416 e. The molecule has 2 rings (SSSR count). The molecule has 2 aromatic rings. The summed E-state index contributed by atoms with van der Waals surface area (Å²) in [5.74, 6) is 1.00.